The molecule has 1 aliphatic heterocycles. The second-order valence-electron chi connectivity index (χ2n) is 5.91. The second kappa shape index (κ2) is 6.36. The Balaban J connectivity index is 2.36. The van der Waals surface area contributed by atoms with Crippen LogP contribution in [0.2, 0.25) is 5.02 Å². The zero-order valence-corrected chi connectivity index (χ0v) is 15.2. The predicted molar refractivity (Wildman–Crippen MR) is 92.9 cm³/mol. The summed E-state index contributed by atoms with van der Waals surface area (Å²) in [5, 5.41) is 19.6. The van der Waals surface area contributed by atoms with Crippen molar-refractivity contribution in [1.29, 1.82) is 5.26 Å². The van der Waals surface area contributed by atoms with Gasteiger partial charge in [-0.2, -0.15) is 5.26 Å². The third kappa shape index (κ3) is 2.59. The smallest absolute Gasteiger partial charge is 0.272 e. The summed E-state index contributed by atoms with van der Waals surface area (Å²) in [5.74, 6) is -1.27. The minimum Gasteiger partial charge on any atom is -0.506 e. The van der Waals surface area contributed by atoms with Gasteiger partial charge in [0.2, 0.25) is 0 Å². The van der Waals surface area contributed by atoms with Gasteiger partial charge in [-0.15, -0.1) is 0 Å². The summed E-state index contributed by atoms with van der Waals surface area (Å²) < 4.78 is 16.0. The number of likely N-dealkylation sites (N-methyl/N-ethyl adjacent to an activating group) is 1. The molecule has 3 rings (SSSR count). The molecule has 0 radical (unpaired) electrons. The Morgan fingerprint density at radius 1 is 1.58 bits per heavy atom. The van der Waals surface area contributed by atoms with Crippen LogP contribution in [0.3, 0.4) is 0 Å². The van der Waals surface area contributed by atoms with E-state index in [2.05, 4.69) is 20.8 Å². The molecule has 1 fully saturated rings. The fourth-order valence-electron chi connectivity index (χ4n) is 3.20. The Morgan fingerprint density at radius 3 is 2.88 bits per heavy atom. The van der Waals surface area contributed by atoms with E-state index < -0.39 is 22.7 Å². The van der Waals surface area contributed by atoms with Crippen molar-refractivity contribution in [3.8, 4) is 11.8 Å². The number of nitriles is 1. The molecular weight excluding hydrogens is 401 g/mol. The molecule has 8 heteroatoms. The molecule has 0 bridgehead atoms. The molecule has 1 aliphatic rings. The Morgan fingerprint density at radius 2 is 2.29 bits per heavy atom. The van der Waals surface area contributed by atoms with Crippen molar-refractivity contribution in [2.75, 3.05) is 13.6 Å². The first kappa shape index (κ1) is 17.2. The lowest BCUT2D eigenvalue weighted by Gasteiger charge is -2.22. The quantitative estimate of drug-likeness (QED) is 0.766. The van der Waals surface area contributed by atoms with E-state index in [0.717, 1.165) is 19.4 Å². The van der Waals surface area contributed by atoms with Crippen LogP contribution >= 0.6 is 27.5 Å². The van der Waals surface area contributed by atoms with Crippen molar-refractivity contribution < 1.29 is 9.50 Å². The molecule has 126 valence electrons. The molecular formula is C16H14BrClFN3O2. The number of hydrogen-bond donors (Lipinski definition) is 1. The number of rotatable bonds is 2. The molecule has 5 nitrogen and oxygen atoms in total. The fourth-order valence-corrected chi connectivity index (χ4v) is 3.69. The summed E-state index contributed by atoms with van der Waals surface area (Å²) in [7, 11) is 1.94. The van der Waals surface area contributed by atoms with Gasteiger partial charge in [-0.25, -0.2) is 4.39 Å². The van der Waals surface area contributed by atoms with Crippen molar-refractivity contribution in [2.45, 2.75) is 25.4 Å². The Labute approximate surface area is 151 Å². The molecule has 24 heavy (non-hydrogen) atoms. The van der Waals surface area contributed by atoms with Gasteiger partial charge in [0.15, 0.2) is 11.4 Å². The van der Waals surface area contributed by atoms with Crippen molar-refractivity contribution in [3.63, 3.8) is 0 Å². The summed E-state index contributed by atoms with van der Waals surface area (Å²) in [6.45, 7) is 1.14. The van der Waals surface area contributed by atoms with Crippen LogP contribution in [0.5, 0.6) is 5.75 Å². The average Bonchev–Trinajstić information content (AvgIpc) is 2.95. The van der Waals surface area contributed by atoms with Gasteiger partial charge in [-0.1, -0.05) is 11.6 Å². The Bertz CT molecular complexity index is 938. The first-order chi connectivity index (χ1) is 11.4. The monoisotopic (exact) mass is 413 g/mol. The summed E-state index contributed by atoms with van der Waals surface area (Å²) in [6.07, 6.45) is 1.87. The summed E-state index contributed by atoms with van der Waals surface area (Å²) >= 11 is 9.03. The largest absolute Gasteiger partial charge is 0.506 e. The summed E-state index contributed by atoms with van der Waals surface area (Å²) in [6, 6.07) is 3.13. The van der Waals surface area contributed by atoms with Gasteiger partial charge in [0.1, 0.15) is 11.8 Å². The highest BCUT2D eigenvalue weighted by Crippen LogP contribution is 2.36. The van der Waals surface area contributed by atoms with E-state index in [1.807, 2.05) is 7.05 Å². The van der Waals surface area contributed by atoms with E-state index in [-0.39, 0.29) is 33.0 Å². The third-order valence-corrected chi connectivity index (χ3v) is 5.84. The number of likely N-dealkylation sites (tertiary alicyclic amines) is 1. The molecule has 1 N–H and O–H groups in total. The SMILES string of the molecule is CN1CCCC1Cn1c(=O)c(C#N)c(O)c2cc(Cl)c(Br)c(F)c21. The summed E-state index contributed by atoms with van der Waals surface area (Å²) in [4.78, 5) is 14.7. The second-order valence-corrected chi connectivity index (χ2v) is 7.11. The zero-order valence-electron chi connectivity index (χ0n) is 12.8. The highest BCUT2D eigenvalue weighted by atomic mass is 79.9. The van der Waals surface area contributed by atoms with Crippen molar-refractivity contribution >= 4 is 38.4 Å². The van der Waals surface area contributed by atoms with Gasteiger partial charge in [0, 0.05) is 18.0 Å². The minimum atomic E-state index is -0.727. The molecule has 2 heterocycles. The Kier molecular flexibility index (Phi) is 4.56. The van der Waals surface area contributed by atoms with Gasteiger partial charge in [-0.3, -0.25) is 4.79 Å². The molecule has 1 atom stereocenters. The van der Waals surface area contributed by atoms with Crippen LogP contribution in [0, 0.1) is 17.1 Å². The summed E-state index contributed by atoms with van der Waals surface area (Å²) in [5.41, 5.74) is -1.15. The average molecular weight is 415 g/mol. The molecule has 1 aromatic heterocycles. The van der Waals surface area contributed by atoms with Crippen molar-refractivity contribution in [3.05, 3.63) is 37.3 Å². The van der Waals surface area contributed by atoms with Crippen LogP contribution in [0.25, 0.3) is 10.9 Å². The lowest BCUT2D eigenvalue weighted by atomic mass is 10.1. The first-order valence-corrected chi connectivity index (χ1v) is 8.57. The van der Waals surface area contributed by atoms with Crippen molar-refractivity contribution in [1.82, 2.24) is 9.47 Å². The third-order valence-electron chi connectivity index (χ3n) is 4.53. The standard InChI is InChI=1S/C16H14BrClFN3O2/c1-21-4-2-3-8(21)7-22-14-9(5-11(18)12(17)13(14)19)15(23)10(6-20)16(22)24/h5,8,23H,2-4,7H2,1H3. The van der Waals surface area contributed by atoms with Crippen LogP contribution in [-0.2, 0) is 6.54 Å². The van der Waals surface area contributed by atoms with E-state index in [1.54, 1.807) is 6.07 Å². The molecule has 0 amide bonds. The lowest BCUT2D eigenvalue weighted by Crippen LogP contribution is -2.35. The number of nitrogens with zero attached hydrogens (tertiary/aromatic N) is 3. The number of halogens is 3. The number of pyridine rings is 1. The van der Waals surface area contributed by atoms with Crippen LogP contribution in [0.1, 0.15) is 18.4 Å². The van der Waals surface area contributed by atoms with Gasteiger partial charge in [0.25, 0.3) is 5.56 Å². The Hall–Kier alpha value is -1.62. The maximum Gasteiger partial charge on any atom is 0.272 e. The van der Waals surface area contributed by atoms with Gasteiger partial charge in [0.05, 0.1) is 15.0 Å². The van der Waals surface area contributed by atoms with Gasteiger partial charge >= 0.3 is 0 Å². The maximum atomic E-state index is 14.8. The van der Waals surface area contributed by atoms with Gasteiger partial charge < -0.3 is 14.6 Å². The molecule has 2 aromatic rings. The minimum absolute atomic E-state index is 0.0219. The number of aromatic nitrogens is 1. The molecule has 1 unspecified atom stereocenters. The zero-order chi connectivity index (χ0) is 17.6. The number of hydrogen-bond acceptors (Lipinski definition) is 4. The lowest BCUT2D eigenvalue weighted by molar-refractivity contribution is 0.281. The van der Waals surface area contributed by atoms with Gasteiger partial charge in [-0.05, 0) is 48.4 Å². The first-order valence-electron chi connectivity index (χ1n) is 7.40. The van der Waals surface area contributed by atoms with Crippen LogP contribution in [-0.4, -0.2) is 34.2 Å². The van der Waals surface area contributed by atoms with Crippen LogP contribution in [0.15, 0.2) is 15.3 Å². The van der Waals surface area contributed by atoms with E-state index in [0.29, 0.717) is 0 Å². The predicted octanol–water partition coefficient (Wildman–Crippen LogP) is 3.23. The highest BCUT2D eigenvalue weighted by molar-refractivity contribution is 9.10. The molecule has 0 spiro atoms. The fraction of sp³-hybridized carbons (Fsp3) is 0.375. The van der Waals surface area contributed by atoms with E-state index >= 15 is 0 Å². The molecule has 1 aromatic carbocycles. The normalized spacial score (nSPS) is 18.2. The highest BCUT2D eigenvalue weighted by Gasteiger charge is 2.26. The van der Waals surface area contributed by atoms with E-state index in [4.69, 9.17) is 11.6 Å². The number of benzene rings is 1. The number of aromatic hydroxyl groups is 1. The molecule has 0 saturated carbocycles. The van der Waals surface area contributed by atoms with Crippen LogP contribution in [0.4, 0.5) is 4.39 Å². The topological polar surface area (TPSA) is 69.3 Å². The molecule has 0 aliphatic carbocycles. The van der Waals surface area contributed by atoms with E-state index in [9.17, 15) is 19.6 Å². The maximum absolute atomic E-state index is 14.8. The van der Waals surface area contributed by atoms with E-state index in [1.165, 1.54) is 10.6 Å². The van der Waals surface area contributed by atoms with Crippen molar-refractivity contribution in [2.24, 2.45) is 0 Å². The molecule has 1 saturated heterocycles. The number of fused-ring (bicyclic) bond motifs is 1. The van der Waals surface area contributed by atoms with Crippen LogP contribution < -0.4 is 5.56 Å².